The van der Waals surface area contributed by atoms with E-state index in [1.807, 2.05) is 77.8 Å². The highest BCUT2D eigenvalue weighted by Crippen LogP contribution is 2.38. The maximum Gasteiger partial charge on any atom is 0.247 e. The van der Waals surface area contributed by atoms with Crippen LogP contribution in [0.1, 0.15) is 23.6 Å². The summed E-state index contributed by atoms with van der Waals surface area (Å²) in [6, 6.07) is 30.3. The second-order valence-electron chi connectivity index (χ2n) is 8.79. The number of hydrazone groups is 1. The molecule has 0 aliphatic carbocycles. The van der Waals surface area contributed by atoms with Crippen LogP contribution in [0, 0.1) is 5.82 Å². The van der Waals surface area contributed by atoms with Gasteiger partial charge < -0.3 is 4.74 Å². The van der Waals surface area contributed by atoms with Gasteiger partial charge in [0, 0.05) is 21.8 Å². The zero-order valence-corrected chi connectivity index (χ0v) is 21.6. The van der Waals surface area contributed by atoms with Crippen molar-refractivity contribution in [1.82, 2.24) is 9.97 Å². The zero-order chi connectivity index (χ0) is 25.4. The maximum atomic E-state index is 13.8. The van der Waals surface area contributed by atoms with E-state index in [1.165, 1.54) is 12.1 Å². The number of anilines is 1. The molecule has 5 nitrogen and oxygen atoms in total. The molecule has 0 radical (unpaired) electrons. The molecule has 0 fully saturated rings. The lowest BCUT2D eigenvalue weighted by atomic mass is 9.98. The monoisotopic (exact) mass is 552 g/mol. The number of aromatic nitrogens is 2. The van der Waals surface area contributed by atoms with Crippen molar-refractivity contribution in [3.05, 3.63) is 118 Å². The molecule has 0 bridgehead atoms. The zero-order valence-electron chi connectivity index (χ0n) is 20.0. The van der Waals surface area contributed by atoms with Crippen molar-refractivity contribution in [2.45, 2.75) is 12.5 Å². The highest BCUT2D eigenvalue weighted by molar-refractivity contribution is 9.10. The third kappa shape index (κ3) is 4.58. The number of ether oxygens (including phenoxy) is 1. The molecule has 1 aromatic heterocycles. The molecule has 0 spiro atoms. The fraction of sp³-hybridized carbons (Fsp3) is 0.100. The van der Waals surface area contributed by atoms with Crippen molar-refractivity contribution in [2.75, 3.05) is 12.1 Å². The Balaban J connectivity index is 1.52. The number of benzene rings is 4. The average Bonchev–Trinajstić information content (AvgIpc) is 3.39. The molecule has 0 N–H and O–H groups in total. The highest BCUT2D eigenvalue weighted by Gasteiger charge is 2.32. The third-order valence-corrected chi connectivity index (χ3v) is 6.98. The van der Waals surface area contributed by atoms with Crippen molar-refractivity contribution in [1.29, 1.82) is 0 Å². The Kier molecular flexibility index (Phi) is 6.14. The van der Waals surface area contributed by atoms with E-state index in [2.05, 4.69) is 15.9 Å². The number of methoxy groups -OCH3 is 1. The summed E-state index contributed by atoms with van der Waals surface area (Å²) in [7, 11) is 1.65. The minimum absolute atomic E-state index is 0.186. The average molecular weight is 553 g/mol. The SMILES string of the molecule is COc1ccc(C2=NN(c3nc(-c4ccccc4)c4cc(Br)ccc4n3)[C@@H](c3ccc(F)cc3)C2)cc1. The van der Waals surface area contributed by atoms with Crippen LogP contribution in [0.2, 0.25) is 0 Å². The van der Waals surface area contributed by atoms with E-state index in [4.69, 9.17) is 19.8 Å². The van der Waals surface area contributed by atoms with E-state index in [9.17, 15) is 4.39 Å². The van der Waals surface area contributed by atoms with Gasteiger partial charge in [-0.25, -0.2) is 19.4 Å². The van der Waals surface area contributed by atoms with Gasteiger partial charge in [0.05, 0.1) is 30.1 Å². The standard InChI is InChI=1S/C30H22BrFN4O/c1-37-24-14-9-19(10-15-24)27-18-28(20-7-12-23(32)13-8-20)36(35-27)30-33-26-16-11-22(31)17-25(26)29(34-30)21-5-3-2-4-6-21/h2-17,28H,18H2,1H3/t28-/m1/s1. The van der Waals surface area contributed by atoms with Crippen LogP contribution in [0.3, 0.4) is 0 Å². The second-order valence-corrected chi connectivity index (χ2v) is 9.71. The van der Waals surface area contributed by atoms with Crippen molar-refractivity contribution in [3.8, 4) is 17.0 Å². The Morgan fingerprint density at radius 3 is 2.35 bits per heavy atom. The summed E-state index contributed by atoms with van der Waals surface area (Å²) < 4.78 is 20.0. The summed E-state index contributed by atoms with van der Waals surface area (Å²) in [4.78, 5) is 9.96. The van der Waals surface area contributed by atoms with Gasteiger partial charge in [0.25, 0.3) is 0 Å². The van der Waals surface area contributed by atoms with Gasteiger partial charge in [-0.15, -0.1) is 0 Å². The molecular formula is C30H22BrFN4O. The van der Waals surface area contributed by atoms with Gasteiger partial charge in [0.15, 0.2) is 0 Å². The van der Waals surface area contributed by atoms with Crippen LogP contribution < -0.4 is 9.75 Å². The van der Waals surface area contributed by atoms with Gasteiger partial charge in [0.2, 0.25) is 5.95 Å². The first-order valence-electron chi connectivity index (χ1n) is 11.9. The van der Waals surface area contributed by atoms with Gasteiger partial charge in [-0.3, -0.25) is 0 Å². The molecular weight excluding hydrogens is 531 g/mol. The predicted octanol–water partition coefficient (Wildman–Crippen LogP) is 7.56. The summed E-state index contributed by atoms with van der Waals surface area (Å²) in [5.41, 5.74) is 5.47. The Morgan fingerprint density at radius 1 is 0.865 bits per heavy atom. The number of hydrogen-bond donors (Lipinski definition) is 0. The number of nitrogens with zero attached hydrogens (tertiary/aromatic N) is 4. The van der Waals surface area contributed by atoms with E-state index in [0.717, 1.165) is 49.2 Å². The summed E-state index contributed by atoms with van der Waals surface area (Å²) in [5, 5.41) is 7.81. The minimum Gasteiger partial charge on any atom is -0.497 e. The van der Waals surface area contributed by atoms with E-state index in [0.29, 0.717) is 12.4 Å². The van der Waals surface area contributed by atoms with E-state index in [1.54, 1.807) is 19.2 Å². The predicted molar refractivity (Wildman–Crippen MR) is 148 cm³/mol. The lowest BCUT2D eigenvalue weighted by molar-refractivity contribution is 0.415. The number of fused-ring (bicyclic) bond motifs is 1. The molecule has 0 amide bonds. The van der Waals surface area contributed by atoms with Crippen LogP contribution in [-0.2, 0) is 0 Å². The van der Waals surface area contributed by atoms with E-state index < -0.39 is 0 Å². The quantitative estimate of drug-likeness (QED) is 0.225. The summed E-state index contributed by atoms with van der Waals surface area (Å²) in [6.45, 7) is 0. The van der Waals surface area contributed by atoms with Crippen LogP contribution in [0.15, 0.2) is 107 Å². The first-order valence-corrected chi connectivity index (χ1v) is 12.7. The Bertz CT molecular complexity index is 1610. The fourth-order valence-corrected chi connectivity index (χ4v) is 4.97. The first kappa shape index (κ1) is 23.3. The van der Waals surface area contributed by atoms with Crippen LogP contribution >= 0.6 is 15.9 Å². The summed E-state index contributed by atoms with van der Waals surface area (Å²) in [5.74, 6) is 1.00. The van der Waals surface area contributed by atoms with Gasteiger partial charge in [0.1, 0.15) is 11.6 Å². The van der Waals surface area contributed by atoms with Crippen molar-refractivity contribution in [2.24, 2.45) is 5.10 Å². The van der Waals surface area contributed by atoms with Crippen LogP contribution in [0.25, 0.3) is 22.2 Å². The summed E-state index contributed by atoms with van der Waals surface area (Å²) in [6.07, 6.45) is 0.625. The fourth-order valence-electron chi connectivity index (χ4n) is 4.60. The molecule has 182 valence electrons. The maximum absolute atomic E-state index is 13.8. The van der Waals surface area contributed by atoms with Gasteiger partial charge in [-0.1, -0.05) is 58.4 Å². The number of rotatable bonds is 5. The molecule has 2 heterocycles. The normalized spacial score (nSPS) is 15.2. The topological polar surface area (TPSA) is 50.6 Å². The molecule has 1 aliphatic rings. The van der Waals surface area contributed by atoms with Crippen LogP contribution in [0.4, 0.5) is 10.3 Å². The smallest absolute Gasteiger partial charge is 0.247 e. The van der Waals surface area contributed by atoms with E-state index >= 15 is 0 Å². The number of halogens is 2. The van der Waals surface area contributed by atoms with Crippen LogP contribution in [-0.4, -0.2) is 22.8 Å². The number of hydrogen-bond acceptors (Lipinski definition) is 5. The highest BCUT2D eigenvalue weighted by atomic mass is 79.9. The Labute approximate surface area is 222 Å². The lowest BCUT2D eigenvalue weighted by Crippen LogP contribution is -2.21. The van der Waals surface area contributed by atoms with E-state index in [-0.39, 0.29) is 11.9 Å². The van der Waals surface area contributed by atoms with Crippen molar-refractivity contribution < 1.29 is 9.13 Å². The molecule has 1 aliphatic heterocycles. The second kappa shape index (κ2) is 9.75. The molecule has 37 heavy (non-hydrogen) atoms. The molecule has 0 unspecified atom stereocenters. The van der Waals surface area contributed by atoms with Crippen LogP contribution in [0.5, 0.6) is 5.75 Å². The van der Waals surface area contributed by atoms with Crippen molar-refractivity contribution in [3.63, 3.8) is 0 Å². The molecule has 4 aromatic carbocycles. The molecule has 5 aromatic rings. The van der Waals surface area contributed by atoms with Crippen molar-refractivity contribution >= 4 is 38.5 Å². The molecule has 0 saturated carbocycles. The Morgan fingerprint density at radius 2 is 1.62 bits per heavy atom. The molecule has 1 atom stereocenters. The first-order chi connectivity index (χ1) is 18.1. The molecule has 6 rings (SSSR count). The minimum atomic E-state index is -0.275. The lowest BCUT2D eigenvalue weighted by Gasteiger charge is -2.23. The van der Waals surface area contributed by atoms with Gasteiger partial charge in [-0.2, -0.15) is 5.10 Å². The molecule has 0 saturated heterocycles. The van der Waals surface area contributed by atoms with Gasteiger partial charge >= 0.3 is 0 Å². The third-order valence-electron chi connectivity index (χ3n) is 6.49. The Hall–Kier alpha value is -4.10. The largest absolute Gasteiger partial charge is 0.497 e. The molecule has 7 heteroatoms. The van der Waals surface area contributed by atoms with Gasteiger partial charge in [-0.05, 0) is 65.7 Å². The summed E-state index contributed by atoms with van der Waals surface area (Å²) >= 11 is 3.59.